The molecule has 0 unspecified atom stereocenters. The van der Waals surface area contributed by atoms with Crippen LogP contribution < -0.4 is 10.1 Å². The molecule has 7 nitrogen and oxygen atoms in total. The summed E-state index contributed by atoms with van der Waals surface area (Å²) in [6, 6.07) is 5.44. The second-order valence-electron chi connectivity index (χ2n) is 3.96. The number of ether oxygens (including phenoxy) is 2. The summed E-state index contributed by atoms with van der Waals surface area (Å²) in [7, 11) is 1.55. The third-order valence-electron chi connectivity index (χ3n) is 2.24. The lowest BCUT2D eigenvalue weighted by atomic mass is 10.3. The fourth-order valence-corrected chi connectivity index (χ4v) is 1.42. The standard InChI is InChI=1S/C12H16N2O5/c1-9(7-18-2)13-12(15)8-19-11-5-3-10(4-6-11)14(16)17/h3-6,9H,7-8H2,1-2H3,(H,13,15)/t9-/m1/s1. The minimum atomic E-state index is -0.497. The van der Waals surface area contributed by atoms with Crippen LogP contribution in [0.3, 0.4) is 0 Å². The van der Waals surface area contributed by atoms with Crippen molar-refractivity contribution in [2.45, 2.75) is 13.0 Å². The number of rotatable bonds is 7. The molecule has 7 heteroatoms. The monoisotopic (exact) mass is 268 g/mol. The third kappa shape index (κ3) is 5.35. The quantitative estimate of drug-likeness (QED) is 0.591. The number of hydrogen-bond acceptors (Lipinski definition) is 5. The van der Waals surface area contributed by atoms with Gasteiger partial charge in [-0.2, -0.15) is 0 Å². The minimum Gasteiger partial charge on any atom is -0.484 e. The van der Waals surface area contributed by atoms with Crippen LogP contribution in [0.4, 0.5) is 5.69 Å². The smallest absolute Gasteiger partial charge is 0.269 e. The number of nitrogens with one attached hydrogen (secondary N) is 1. The molecule has 0 bridgehead atoms. The van der Waals surface area contributed by atoms with E-state index in [4.69, 9.17) is 9.47 Å². The molecule has 1 aromatic carbocycles. The van der Waals surface area contributed by atoms with Crippen molar-refractivity contribution in [3.05, 3.63) is 34.4 Å². The van der Waals surface area contributed by atoms with Crippen molar-refractivity contribution in [3.63, 3.8) is 0 Å². The number of methoxy groups -OCH3 is 1. The number of carbonyl (C=O) groups is 1. The number of nitrogens with zero attached hydrogens (tertiary/aromatic N) is 1. The first kappa shape index (κ1) is 14.9. The van der Waals surface area contributed by atoms with Gasteiger partial charge in [0.1, 0.15) is 5.75 Å². The minimum absolute atomic E-state index is 0.0227. The molecule has 0 heterocycles. The predicted molar refractivity (Wildman–Crippen MR) is 68.1 cm³/mol. The summed E-state index contributed by atoms with van der Waals surface area (Å²) < 4.78 is 10.1. The van der Waals surface area contributed by atoms with Gasteiger partial charge in [0.15, 0.2) is 6.61 Å². The molecule has 1 amide bonds. The maximum absolute atomic E-state index is 11.5. The summed E-state index contributed by atoms with van der Waals surface area (Å²) in [6.07, 6.45) is 0. The number of non-ortho nitro benzene ring substituents is 1. The molecule has 19 heavy (non-hydrogen) atoms. The summed E-state index contributed by atoms with van der Waals surface area (Å²) in [5, 5.41) is 13.1. The number of amides is 1. The van der Waals surface area contributed by atoms with Gasteiger partial charge in [0.2, 0.25) is 0 Å². The Bertz CT molecular complexity index is 432. The van der Waals surface area contributed by atoms with Gasteiger partial charge in [0.25, 0.3) is 11.6 Å². The van der Waals surface area contributed by atoms with Crippen LogP contribution in [-0.4, -0.2) is 37.2 Å². The van der Waals surface area contributed by atoms with Gasteiger partial charge in [-0.3, -0.25) is 14.9 Å². The van der Waals surface area contributed by atoms with Crippen LogP contribution in [0.5, 0.6) is 5.75 Å². The van der Waals surface area contributed by atoms with Crippen molar-refractivity contribution in [1.82, 2.24) is 5.32 Å². The molecule has 104 valence electrons. The fraction of sp³-hybridized carbons (Fsp3) is 0.417. The van der Waals surface area contributed by atoms with E-state index in [-0.39, 0.29) is 24.2 Å². The van der Waals surface area contributed by atoms with E-state index in [0.717, 1.165) is 0 Å². The Morgan fingerprint density at radius 2 is 2.05 bits per heavy atom. The van der Waals surface area contributed by atoms with Crippen LogP contribution >= 0.6 is 0 Å². The van der Waals surface area contributed by atoms with Crippen LogP contribution in [0.25, 0.3) is 0 Å². The molecule has 0 saturated carbocycles. The molecule has 1 atom stereocenters. The average Bonchev–Trinajstić information content (AvgIpc) is 2.37. The molecule has 0 aromatic heterocycles. The van der Waals surface area contributed by atoms with E-state index in [1.54, 1.807) is 7.11 Å². The highest BCUT2D eigenvalue weighted by Gasteiger charge is 2.09. The maximum atomic E-state index is 11.5. The largest absolute Gasteiger partial charge is 0.484 e. The summed E-state index contributed by atoms with van der Waals surface area (Å²) in [4.78, 5) is 21.4. The molecule has 0 radical (unpaired) electrons. The molecule has 1 aromatic rings. The van der Waals surface area contributed by atoms with Crippen LogP contribution in [-0.2, 0) is 9.53 Å². The Morgan fingerprint density at radius 1 is 1.42 bits per heavy atom. The second-order valence-corrected chi connectivity index (χ2v) is 3.96. The lowest BCUT2D eigenvalue weighted by Crippen LogP contribution is -2.38. The molecule has 1 N–H and O–H groups in total. The van der Waals surface area contributed by atoms with Gasteiger partial charge >= 0.3 is 0 Å². The van der Waals surface area contributed by atoms with Crippen molar-refractivity contribution in [2.24, 2.45) is 0 Å². The van der Waals surface area contributed by atoms with Crippen molar-refractivity contribution in [1.29, 1.82) is 0 Å². The van der Waals surface area contributed by atoms with E-state index in [1.165, 1.54) is 24.3 Å². The summed E-state index contributed by atoms with van der Waals surface area (Å²) in [6.45, 7) is 2.09. The SMILES string of the molecule is COC[C@@H](C)NC(=O)COc1ccc([N+](=O)[O-])cc1. The van der Waals surface area contributed by atoms with Gasteiger partial charge in [-0.25, -0.2) is 0 Å². The normalized spacial score (nSPS) is 11.7. The first-order valence-corrected chi connectivity index (χ1v) is 5.68. The van der Waals surface area contributed by atoms with Gasteiger partial charge in [0, 0.05) is 25.3 Å². The predicted octanol–water partition coefficient (Wildman–Crippen LogP) is 1.12. The fourth-order valence-electron chi connectivity index (χ4n) is 1.42. The summed E-state index contributed by atoms with van der Waals surface area (Å²) in [5.41, 5.74) is -0.0227. The van der Waals surface area contributed by atoms with Crippen molar-refractivity contribution in [2.75, 3.05) is 20.3 Å². The highest BCUT2D eigenvalue weighted by atomic mass is 16.6. The third-order valence-corrected chi connectivity index (χ3v) is 2.24. The molecule has 0 aliphatic carbocycles. The molecule has 1 rings (SSSR count). The Morgan fingerprint density at radius 3 is 2.58 bits per heavy atom. The van der Waals surface area contributed by atoms with Gasteiger partial charge in [0.05, 0.1) is 11.5 Å². The van der Waals surface area contributed by atoms with E-state index in [0.29, 0.717) is 12.4 Å². The van der Waals surface area contributed by atoms with Crippen LogP contribution in [0, 0.1) is 10.1 Å². The number of benzene rings is 1. The highest BCUT2D eigenvalue weighted by molar-refractivity contribution is 5.77. The Balaban J connectivity index is 2.39. The summed E-state index contributed by atoms with van der Waals surface area (Å²) >= 11 is 0. The first-order valence-electron chi connectivity index (χ1n) is 5.68. The van der Waals surface area contributed by atoms with E-state index >= 15 is 0 Å². The second kappa shape index (κ2) is 7.32. The van der Waals surface area contributed by atoms with Crippen LogP contribution in [0.1, 0.15) is 6.92 Å². The lowest BCUT2D eigenvalue weighted by Gasteiger charge is -2.13. The zero-order chi connectivity index (χ0) is 14.3. The molecule has 0 aliphatic rings. The number of nitro groups is 1. The Kier molecular flexibility index (Phi) is 5.74. The number of nitro benzene ring substituents is 1. The lowest BCUT2D eigenvalue weighted by molar-refractivity contribution is -0.384. The van der Waals surface area contributed by atoms with Gasteiger partial charge < -0.3 is 14.8 Å². The first-order chi connectivity index (χ1) is 9.02. The molecular formula is C12H16N2O5. The van der Waals surface area contributed by atoms with Crippen molar-refractivity contribution in [3.8, 4) is 5.75 Å². The van der Waals surface area contributed by atoms with E-state index < -0.39 is 4.92 Å². The zero-order valence-electron chi connectivity index (χ0n) is 10.8. The van der Waals surface area contributed by atoms with Crippen molar-refractivity contribution < 1.29 is 19.2 Å². The van der Waals surface area contributed by atoms with E-state index in [1.807, 2.05) is 6.92 Å². The van der Waals surface area contributed by atoms with Gasteiger partial charge in [-0.15, -0.1) is 0 Å². The topological polar surface area (TPSA) is 90.7 Å². The number of carbonyl (C=O) groups excluding carboxylic acids is 1. The average molecular weight is 268 g/mol. The summed E-state index contributed by atoms with van der Waals surface area (Å²) in [5.74, 6) is 0.128. The maximum Gasteiger partial charge on any atom is 0.269 e. The zero-order valence-corrected chi connectivity index (χ0v) is 10.8. The van der Waals surface area contributed by atoms with Gasteiger partial charge in [-0.1, -0.05) is 0 Å². The van der Waals surface area contributed by atoms with Crippen LogP contribution in [0.15, 0.2) is 24.3 Å². The van der Waals surface area contributed by atoms with Crippen molar-refractivity contribution >= 4 is 11.6 Å². The Labute approximate surface area is 110 Å². The molecule has 0 fully saturated rings. The molecule has 0 aliphatic heterocycles. The van der Waals surface area contributed by atoms with E-state index in [2.05, 4.69) is 5.32 Å². The number of hydrogen-bond donors (Lipinski definition) is 1. The van der Waals surface area contributed by atoms with Gasteiger partial charge in [-0.05, 0) is 19.1 Å². The Hall–Kier alpha value is -2.15. The molecular weight excluding hydrogens is 252 g/mol. The van der Waals surface area contributed by atoms with Crippen LogP contribution in [0.2, 0.25) is 0 Å². The molecule has 0 saturated heterocycles. The highest BCUT2D eigenvalue weighted by Crippen LogP contribution is 2.16. The van der Waals surface area contributed by atoms with E-state index in [9.17, 15) is 14.9 Å². The molecule has 0 spiro atoms.